The summed E-state index contributed by atoms with van der Waals surface area (Å²) < 4.78 is 0. The van der Waals surface area contributed by atoms with E-state index < -0.39 is 0 Å². The summed E-state index contributed by atoms with van der Waals surface area (Å²) in [5, 5.41) is 3.52. The van der Waals surface area contributed by atoms with Gasteiger partial charge in [-0.15, -0.1) is 0 Å². The van der Waals surface area contributed by atoms with Gasteiger partial charge in [0.05, 0.1) is 0 Å². The van der Waals surface area contributed by atoms with Crippen LogP contribution in [0.15, 0.2) is 0 Å². The van der Waals surface area contributed by atoms with Gasteiger partial charge in [-0.2, -0.15) is 0 Å². The molecule has 0 bridgehead atoms. The van der Waals surface area contributed by atoms with E-state index >= 15 is 0 Å². The SMILES string of the molecule is CCCNCCCC(C)N1CCCN2CCCC2C1. The molecule has 0 saturated carbocycles. The van der Waals surface area contributed by atoms with Crippen molar-refractivity contribution >= 4 is 0 Å². The lowest BCUT2D eigenvalue weighted by molar-refractivity contribution is 0.173. The molecule has 0 aromatic rings. The molecule has 112 valence electrons. The van der Waals surface area contributed by atoms with E-state index in [-0.39, 0.29) is 0 Å². The molecule has 0 radical (unpaired) electrons. The van der Waals surface area contributed by atoms with Crippen LogP contribution in [0.4, 0.5) is 0 Å². The van der Waals surface area contributed by atoms with E-state index in [0.29, 0.717) is 0 Å². The fourth-order valence-electron chi connectivity index (χ4n) is 3.64. The minimum Gasteiger partial charge on any atom is -0.317 e. The number of rotatable bonds is 7. The van der Waals surface area contributed by atoms with Crippen LogP contribution in [-0.4, -0.2) is 61.2 Å². The predicted molar refractivity (Wildman–Crippen MR) is 82.6 cm³/mol. The van der Waals surface area contributed by atoms with Crippen LogP contribution in [0.3, 0.4) is 0 Å². The number of nitrogens with zero attached hydrogens (tertiary/aromatic N) is 2. The highest BCUT2D eigenvalue weighted by atomic mass is 15.3. The summed E-state index contributed by atoms with van der Waals surface area (Å²) in [6, 6.07) is 1.63. The Balaban J connectivity index is 1.67. The molecule has 1 N–H and O–H groups in total. The van der Waals surface area contributed by atoms with Gasteiger partial charge in [0.1, 0.15) is 0 Å². The first kappa shape index (κ1) is 15.3. The lowest BCUT2D eigenvalue weighted by Gasteiger charge is -2.30. The monoisotopic (exact) mass is 267 g/mol. The Morgan fingerprint density at radius 3 is 2.84 bits per heavy atom. The molecule has 0 spiro atoms. The molecule has 0 aliphatic carbocycles. The van der Waals surface area contributed by atoms with E-state index in [1.807, 2.05) is 0 Å². The maximum atomic E-state index is 3.52. The second-order valence-corrected chi connectivity index (χ2v) is 6.42. The fourth-order valence-corrected chi connectivity index (χ4v) is 3.64. The van der Waals surface area contributed by atoms with Crippen molar-refractivity contribution in [2.24, 2.45) is 0 Å². The first-order valence-corrected chi connectivity index (χ1v) is 8.50. The van der Waals surface area contributed by atoms with Gasteiger partial charge in [-0.25, -0.2) is 0 Å². The first-order chi connectivity index (χ1) is 9.31. The molecule has 2 atom stereocenters. The van der Waals surface area contributed by atoms with Crippen LogP contribution >= 0.6 is 0 Å². The van der Waals surface area contributed by atoms with Crippen molar-refractivity contribution < 1.29 is 0 Å². The van der Waals surface area contributed by atoms with Crippen LogP contribution in [0.1, 0.15) is 52.4 Å². The lowest BCUT2D eigenvalue weighted by atomic mass is 10.1. The second-order valence-electron chi connectivity index (χ2n) is 6.42. The van der Waals surface area contributed by atoms with Gasteiger partial charge in [0.15, 0.2) is 0 Å². The summed E-state index contributed by atoms with van der Waals surface area (Å²) in [4.78, 5) is 5.49. The summed E-state index contributed by atoms with van der Waals surface area (Å²) in [5.74, 6) is 0. The predicted octanol–water partition coefficient (Wildman–Crippen LogP) is 2.32. The third-order valence-corrected chi connectivity index (χ3v) is 4.86. The van der Waals surface area contributed by atoms with Crippen LogP contribution in [-0.2, 0) is 0 Å². The first-order valence-electron chi connectivity index (χ1n) is 8.50. The highest BCUT2D eigenvalue weighted by Crippen LogP contribution is 2.23. The average molecular weight is 267 g/mol. The molecule has 2 aliphatic heterocycles. The Labute approximate surface area is 119 Å². The Kier molecular flexibility index (Phi) is 6.62. The van der Waals surface area contributed by atoms with E-state index in [4.69, 9.17) is 0 Å². The summed E-state index contributed by atoms with van der Waals surface area (Å²) >= 11 is 0. The summed E-state index contributed by atoms with van der Waals surface area (Å²) in [6.07, 6.45) is 8.15. The van der Waals surface area contributed by atoms with E-state index in [2.05, 4.69) is 29.0 Å². The van der Waals surface area contributed by atoms with Crippen LogP contribution in [0.2, 0.25) is 0 Å². The average Bonchev–Trinajstić information content (AvgIpc) is 2.75. The van der Waals surface area contributed by atoms with Crippen molar-refractivity contribution in [2.45, 2.75) is 64.5 Å². The summed E-state index contributed by atoms with van der Waals surface area (Å²) in [5.41, 5.74) is 0. The van der Waals surface area contributed by atoms with Crippen LogP contribution < -0.4 is 5.32 Å². The van der Waals surface area contributed by atoms with Crippen molar-refractivity contribution in [3.05, 3.63) is 0 Å². The van der Waals surface area contributed by atoms with Gasteiger partial charge < -0.3 is 5.32 Å². The zero-order valence-corrected chi connectivity index (χ0v) is 13.0. The summed E-state index contributed by atoms with van der Waals surface area (Å²) in [6.45, 7) is 12.4. The van der Waals surface area contributed by atoms with Gasteiger partial charge in [0.25, 0.3) is 0 Å². The van der Waals surface area contributed by atoms with Gasteiger partial charge in [0.2, 0.25) is 0 Å². The van der Waals surface area contributed by atoms with Crippen molar-refractivity contribution in [3.63, 3.8) is 0 Å². The molecule has 3 heteroatoms. The molecular formula is C16H33N3. The quantitative estimate of drug-likeness (QED) is 0.714. The maximum absolute atomic E-state index is 3.52. The van der Waals surface area contributed by atoms with Crippen LogP contribution in [0.5, 0.6) is 0 Å². The lowest BCUT2D eigenvalue weighted by Crippen LogP contribution is -2.41. The van der Waals surface area contributed by atoms with E-state index in [1.165, 1.54) is 77.8 Å². The van der Waals surface area contributed by atoms with E-state index in [9.17, 15) is 0 Å². The number of fused-ring (bicyclic) bond motifs is 1. The Bertz CT molecular complexity index is 244. The topological polar surface area (TPSA) is 18.5 Å². The number of nitrogens with one attached hydrogen (secondary N) is 1. The van der Waals surface area contributed by atoms with E-state index in [1.54, 1.807) is 0 Å². The van der Waals surface area contributed by atoms with Crippen molar-refractivity contribution in [3.8, 4) is 0 Å². The molecule has 0 amide bonds. The highest BCUT2D eigenvalue weighted by molar-refractivity contribution is 4.86. The standard InChI is InChI=1S/C16H33N3/c1-3-9-17-10-4-7-15(2)19-13-6-12-18-11-5-8-16(18)14-19/h15-17H,3-14H2,1-2H3. The van der Waals surface area contributed by atoms with E-state index in [0.717, 1.165) is 12.1 Å². The highest BCUT2D eigenvalue weighted by Gasteiger charge is 2.29. The third-order valence-electron chi connectivity index (χ3n) is 4.86. The van der Waals surface area contributed by atoms with Gasteiger partial charge in [-0.05, 0) is 78.2 Å². The Morgan fingerprint density at radius 1 is 1.16 bits per heavy atom. The molecule has 2 heterocycles. The van der Waals surface area contributed by atoms with Crippen molar-refractivity contribution in [1.82, 2.24) is 15.1 Å². The molecule has 19 heavy (non-hydrogen) atoms. The third kappa shape index (κ3) is 4.73. The number of hydrogen-bond acceptors (Lipinski definition) is 3. The normalized spacial score (nSPS) is 27.2. The molecule has 2 fully saturated rings. The zero-order chi connectivity index (χ0) is 13.5. The van der Waals surface area contributed by atoms with Gasteiger partial charge in [-0.1, -0.05) is 6.92 Å². The second kappa shape index (κ2) is 8.23. The minimum absolute atomic E-state index is 0.768. The molecule has 0 aromatic carbocycles. The fraction of sp³-hybridized carbons (Fsp3) is 1.00. The molecule has 3 nitrogen and oxygen atoms in total. The minimum atomic E-state index is 0.768. The van der Waals surface area contributed by atoms with Crippen LogP contribution in [0.25, 0.3) is 0 Å². The zero-order valence-electron chi connectivity index (χ0n) is 13.0. The molecule has 0 aromatic heterocycles. The molecule has 2 aliphatic rings. The molecular weight excluding hydrogens is 234 g/mol. The Morgan fingerprint density at radius 2 is 2.00 bits per heavy atom. The van der Waals surface area contributed by atoms with Crippen molar-refractivity contribution in [2.75, 3.05) is 39.3 Å². The molecule has 2 rings (SSSR count). The van der Waals surface area contributed by atoms with Crippen LogP contribution in [0, 0.1) is 0 Å². The summed E-state index contributed by atoms with van der Waals surface area (Å²) in [7, 11) is 0. The molecule has 2 unspecified atom stereocenters. The van der Waals surface area contributed by atoms with Crippen molar-refractivity contribution in [1.29, 1.82) is 0 Å². The smallest absolute Gasteiger partial charge is 0.0223 e. The molecule has 2 saturated heterocycles. The Hall–Kier alpha value is -0.120. The van der Waals surface area contributed by atoms with Gasteiger partial charge >= 0.3 is 0 Å². The van der Waals surface area contributed by atoms with Gasteiger partial charge in [0, 0.05) is 18.6 Å². The largest absolute Gasteiger partial charge is 0.317 e. The van der Waals surface area contributed by atoms with Gasteiger partial charge in [-0.3, -0.25) is 9.80 Å². The maximum Gasteiger partial charge on any atom is 0.0223 e. The number of hydrogen-bond donors (Lipinski definition) is 1.